The average Bonchev–Trinajstić information content (AvgIpc) is 2.71. The maximum Gasteiger partial charge on any atom is 0.222 e. The summed E-state index contributed by atoms with van der Waals surface area (Å²) in [5.41, 5.74) is 3.46. The lowest BCUT2D eigenvalue weighted by molar-refractivity contribution is 0.122. The lowest BCUT2D eigenvalue weighted by atomic mass is 9.87. The van der Waals surface area contributed by atoms with Gasteiger partial charge in [-0.3, -0.25) is 0 Å². The number of anilines is 2. The van der Waals surface area contributed by atoms with Crippen molar-refractivity contribution in [1.82, 2.24) is 9.97 Å². The zero-order chi connectivity index (χ0) is 17.8. The van der Waals surface area contributed by atoms with Crippen molar-refractivity contribution >= 4 is 11.6 Å². The maximum absolute atomic E-state index is 5.42. The van der Waals surface area contributed by atoms with Gasteiger partial charge < -0.3 is 15.0 Å². The van der Waals surface area contributed by atoms with E-state index in [1.807, 2.05) is 12.4 Å². The Balaban J connectivity index is 1.38. The van der Waals surface area contributed by atoms with Crippen LogP contribution >= 0.6 is 0 Å². The van der Waals surface area contributed by atoms with Gasteiger partial charge in [-0.05, 0) is 49.3 Å². The number of benzene rings is 1. The van der Waals surface area contributed by atoms with E-state index in [-0.39, 0.29) is 0 Å². The highest BCUT2D eigenvalue weighted by molar-refractivity contribution is 5.65. The third kappa shape index (κ3) is 4.15. The summed E-state index contributed by atoms with van der Waals surface area (Å²) in [6.45, 7) is 5.88. The molecule has 0 spiro atoms. The molecular weight excluding hydrogens is 324 g/mol. The summed E-state index contributed by atoms with van der Waals surface area (Å²) in [4.78, 5) is 11.4. The SMILES string of the molecule is CC1CCC(Nc2ncc(-c3ccc(N4CCOCC4)cc3)cn2)CC1. The van der Waals surface area contributed by atoms with E-state index in [1.165, 1.54) is 31.4 Å². The number of ether oxygens (including phenoxy) is 1. The molecule has 0 amide bonds. The van der Waals surface area contributed by atoms with Gasteiger partial charge in [0.2, 0.25) is 5.95 Å². The minimum Gasteiger partial charge on any atom is -0.378 e. The largest absolute Gasteiger partial charge is 0.378 e. The third-order valence-electron chi connectivity index (χ3n) is 5.58. The molecule has 2 fully saturated rings. The fourth-order valence-corrected chi connectivity index (χ4v) is 3.82. The molecule has 0 bridgehead atoms. The first-order valence-corrected chi connectivity index (χ1v) is 9.79. The van der Waals surface area contributed by atoms with E-state index in [4.69, 9.17) is 4.74 Å². The van der Waals surface area contributed by atoms with Crippen molar-refractivity contribution in [2.45, 2.75) is 38.6 Å². The molecule has 26 heavy (non-hydrogen) atoms. The minimum absolute atomic E-state index is 0.518. The standard InChI is InChI=1S/C21H28N4O/c1-16-2-6-19(7-3-16)24-21-22-14-18(15-23-21)17-4-8-20(9-5-17)25-10-12-26-13-11-25/h4-5,8-9,14-16,19H,2-3,6-7,10-13H2,1H3,(H,22,23,24). The Kier molecular flexibility index (Phi) is 5.34. The van der Waals surface area contributed by atoms with Crippen molar-refractivity contribution in [3.05, 3.63) is 36.7 Å². The second-order valence-electron chi connectivity index (χ2n) is 7.54. The fraction of sp³-hybridized carbons (Fsp3) is 0.524. The second-order valence-corrected chi connectivity index (χ2v) is 7.54. The monoisotopic (exact) mass is 352 g/mol. The molecule has 2 heterocycles. The topological polar surface area (TPSA) is 50.3 Å². The Morgan fingerprint density at radius 1 is 0.923 bits per heavy atom. The molecule has 1 saturated heterocycles. The quantitative estimate of drug-likeness (QED) is 0.902. The zero-order valence-electron chi connectivity index (χ0n) is 15.5. The minimum atomic E-state index is 0.518. The van der Waals surface area contributed by atoms with Gasteiger partial charge in [-0.15, -0.1) is 0 Å². The first-order valence-electron chi connectivity index (χ1n) is 9.79. The summed E-state index contributed by atoms with van der Waals surface area (Å²) in [6.07, 6.45) is 8.87. The van der Waals surface area contributed by atoms with Crippen molar-refractivity contribution in [3.8, 4) is 11.1 Å². The van der Waals surface area contributed by atoms with Gasteiger partial charge in [0.05, 0.1) is 13.2 Å². The van der Waals surface area contributed by atoms with E-state index in [1.54, 1.807) is 0 Å². The van der Waals surface area contributed by atoms with Crippen LogP contribution in [0.5, 0.6) is 0 Å². The molecule has 2 aliphatic rings. The lowest BCUT2D eigenvalue weighted by Crippen LogP contribution is -2.36. The Hall–Kier alpha value is -2.14. The highest BCUT2D eigenvalue weighted by atomic mass is 16.5. The van der Waals surface area contributed by atoms with Gasteiger partial charge in [-0.2, -0.15) is 0 Å². The van der Waals surface area contributed by atoms with E-state index in [9.17, 15) is 0 Å². The van der Waals surface area contributed by atoms with Gasteiger partial charge in [-0.1, -0.05) is 19.1 Å². The van der Waals surface area contributed by atoms with Gasteiger partial charge >= 0.3 is 0 Å². The van der Waals surface area contributed by atoms with Crippen LogP contribution in [-0.4, -0.2) is 42.3 Å². The maximum atomic E-state index is 5.42. The molecule has 5 heteroatoms. The zero-order valence-corrected chi connectivity index (χ0v) is 15.5. The summed E-state index contributed by atoms with van der Waals surface area (Å²) in [6, 6.07) is 9.18. The van der Waals surface area contributed by atoms with Crippen molar-refractivity contribution in [1.29, 1.82) is 0 Å². The Labute approximate surface area is 155 Å². The van der Waals surface area contributed by atoms with Crippen LogP contribution in [0, 0.1) is 5.92 Å². The van der Waals surface area contributed by atoms with Crippen LogP contribution in [0.3, 0.4) is 0 Å². The van der Waals surface area contributed by atoms with E-state index in [0.717, 1.165) is 49.3 Å². The highest BCUT2D eigenvalue weighted by Gasteiger charge is 2.18. The van der Waals surface area contributed by atoms with Crippen LogP contribution < -0.4 is 10.2 Å². The molecule has 1 aliphatic heterocycles. The van der Waals surface area contributed by atoms with Crippen LogP contribution in [0.1, 0.15) is 32.6 Å². The van der Waals surface area contributed by atoms with Gasteiger partial charge in [0, 0.05) is 42.8 Å². The predicted molar refractivity (Wildman–Crippen MR) is 106 cm³/mol. The molecule has 0 atom stereocenters. The van der Waals surface area contributed by atoms with E-state index < -0.39 is 0 Å². The van der Waals surface area contributed by atoms with Crippen LogP contribution in [0.4, 0.5) is 11.6 Å². The molecule has 5 nitrogen and oxygen atoms in total. The first kappa shape index (κ1) is 17.3. The van der Waals surface area contributed by atoms with Crippen LogP contribution in [0.15, 0.2) is 36.7 Å². The van der Waals surface area contributed by atoms with Crippen molar-refractivity contribution in [2.75, 3.05) is 36.5 Å². The number of morpholine rings is 1. The van der Waals surface area contributed by atoms with Crippen LogP contribution in [-0.2, 0) is 4.74 Å². The van der Waals surface area contributed by atoms with E-state index >= 15 is 0 Å². The van der Waals surface area contributed by atoms with Crippen LogP contribution in [0.2, 0.25) is 0 Å². The normalized spacial score (nSPS) is 23.7. The predicted octanol–water partition coefficient (Wildman–Crippen LogP) is 3.97. The number of hydrogen-bond donors (Lipinski definition) is 1. The van der Waals surface area contributed by atoms with Crippen molar-refractivity contribution in [2.24, 2.45) is 5.92 Å². The van der Waals surface area contributed by atoms with Crippen molar-refractivity contribution in [3.63, 3.8) is 0 Å². The van der Waals surface area contributed by atoms with E-state index in [0.29, 0.717) is 6.04 Å². The summed E-state index contributed by atoms with van der Waals surface area (Å²) in [5.74, 6) is 1.61. The smallest absolute Gasteiger partial charge is 0.222 e. The molecule has 1 saturated carbocycles. The van der Waals surface area contributed by atoms with Gasteiger partial charge in [-0.25, -0.2) is 9.97 Å². The summed E-state index contributed by atoms with van der Waals surface area (Å²) in [5, 5.41) is 3.49. The number of nitrogens with zero attached hydrogens (tertiary/aromatic N) is 3. The number of hydrogen-bond acceptors (Lipinski definition) is 5. The van der Waals surface area contributed by atoms with Gasteiger partial charge in [0.15, 0.2) is 0 Å². The molecule has 2 aromatic rings. The lowest BCUT2D eigenvalue weighted by Gasteiger charge is -2.28. The molecule has 1 aromatic carbocycles. The molecule has 1 aliphatic carbocycles. The second kappa shape index (κ2) is 8.04. The number of nitrogens with one attached hydrogen (secondary N) is 1. The molecular formula is C21H28N4O. The van der Waals surface area contributed by atoms with Gasteiger partial charge in [0.25, 0.3) is 0 Å². The molecule has 1 aromatic heterocycles. The molecule has 138 valence electrons. The average molecular weight is 352 g/mol. The van der Waals surface area contributed by atoms with Crippen molar-refractivity contribution < 1.29 is 4.74 Å². The summed E-state index contributed by atoms with van der Waals surface area (Å²) in [7, 11) is 0. The summed E-state index contributed by atoms with van der Waals surface area (Å²) < 4.78 is 5.42. The molecule has 4 rings (SSSR count). The number of aromatic nitrogens is 2. The first-order chi connectivity index (χ1) is 12.8. The van der Waals surface area contributed by atoms with Crippen LogP contribution in [0.25, 0.3) is 11.1 Å². The summed E-state index contributed by atoms with van der Waals surface area (Å²) >= 11 is 0. The Morgan fingerprint density at radius 2 is 1.58 bits per heavy atom. The number of rotatable bonds is 4. The van der Waals surface area contributed by atoms with E-state index in [2.05, 4.69) is 51.4 Å². The Bertz CT molecular complexity index is 687. The fourth-order valence-electron chi connectivity index (χ4n) is 3.82. The molecule has 0 radical (unpaired) electrons. The molecule has 1 N–H and O–H groups in total. The highest BCUT2D eigenvalue weighted by Crippen LogP contribution is 2.26. The molecule has 0 unspecified atom stereocenters. The van der Waals surface area contributed by atoms with Gasteiger partial charge in [0.1, 0.15) is 0 Å². The third-order valence-corrected chi connectivity index (χ3v) is 5.58. The Morgan fingerprint density at radius 3 is 2.23 bits per heavy atom.